The van der Waals surface area contributed by atoms with E-state index in [-0.39, 0.29) is 33.4 Å². The zero-order chi connectivity index (χ0) is 30.0. The normalized spacial score (nSPS) is 16.4. The molecule has 1 aromatic rings. The summed E-state index contributed by atoms with van der Waals surface area (Å²) in [4.78, 5) is 52.0. The van der Waals surface area contributed by atoms with Crippen LogP contribution in [0, 0.1) is 9.39 Å². The molecule has 0 fully saturated rings. The molecule has 0 aromatic heterocycles. The molecule has 0 atom stereocenters. The predicted octanol–water partition coefficient (Wildman–Crippen LogP) is 3.59. The van der Waals surface area contributed by atoms with Gasteiger partial charge in [0.2, 0.25) is 0 Å². The Bertz CT molecular complexity index is 1260. The number of halogens is 2. The molecule has 0 unspecified atom stereocenters. The van der Waals surface area contributed by atoms with Crippen LogP contribution in [0.25, 0.3) is 0 Å². The third-order valence-electron chi connectivity index (χ3n) is 6.86. The molecule has 0 spiro atoms. The highest BCUT2D eigenvalue weighted by atomic mass is 127. The number of nitrogens with one attached hydrogen (secondary N) is 2. The number of benzene rings is 1. The summed E-state index contributed by atoms with van der Waals surface area (Å²) in [6.45, 7) is 6.44. The summed E-state index contributed by atoms with van der Waals surface area (Å²) in [5.41, 5.74) is 1.37. The third kappa shape index (κ3) is 5.36. The van der Waals surface area contributed by atoms with Gasteiger partial charge in [-0.25, -0.2) is 23.6 Å². The maximum absolute atomic E-state index is 16.9. The van der Waals surface area contributed by atoms with E-state index in [2.05, 4.69) is 10.6 Å². The van der Waals surface area contributed by atoms with Gasteiger partial charge in [-0.15, -0.1) is 0 Å². The van der Waals surface area contributed by atoms with Crippen molar-refractivity contribution in [2.45, 2.75) is 39.5 Å². The zero-order valence-electron chi connectivity index (χ0n) is 23.3. The summed E-state index contributed by atoms with van der Waals surface area (Å²) in [6.07, 6.45) is 0. The van der Waals surface area contributed by atoms with E-state index in [9.17, 15) is 19.2 Å². The van der Waals surface area contributed by atoms with Crippen LogP contribution in [-0.4, -0.2) is 52.3 Å². The average molecular weight is 668 g/mol. The van der Waals surface area contributed by atoms with Crippen molar-refractivity contribution in [3.63, 3.8) is 0 Å². The van der Waals surface area contributed by atoms with E-state index < -0.39 is 41.5 Å². The molecule has 2 aliphatic rings. The molecule has 0 saturated carbocycles. The molecule has 10 nitrogen and oxygen atoms in total. The van der Waals surface area contributed by atoms with Gasteiger partial charge in [0.1, 0.15) is 5.82 Å². The second-order valence-electron chi connectivity index (χ2n) is 9.14. The molecule has 0 saturated heterocycles. The van der Waals surface area contributed by atoms with Crippen LogP contribution in [-0.2, 0) is 38.1 Å². The zero-order valence-corrected chi connectivity index (χ0v) is 25.5. The topological polar surface area (TPSA) is 129 Å². The minimum absolute atomic E-state index is 0.00508. The van der Waals surface area contributed by atoms with Crippen molar-refractivity contribution in [2.75, 3.05) is 28.4 Å². The summed E-state index contributed by atoms with van der Waals surface area (Å²) in [5.74, 6) is -6.40. The molecule has 1 aromatic carbocycles. The van der Waals surface area contributed by atoms with Gasteiger partial charge in [-0.1, -0.05) is 0 Å². The van der Waals surface area contributed by atoms with Crippen molar-refractivity contribution in [1.29, 1.82) is 0 Å². The van der Waals surface area contributed by atoms with Gasteiger partial charge in [0.05, 0.1) is 62.6 Å². The summed E-state index contributed by atoms with van der Waals surface area (Å²) >= 11 is 1.97. The van der Waals surface area contributed by atoms with Crippen molar-refractivity contribution in [1.82, 2.24) is 10.6 Å². The number of carbonyl (C=O) groups excluding carboxylic acids is 4. The SMILES string of the molecule is COC(=O)C1=C(C)NC(C)=C(C(=O)OC)C1c1cc(I)cc(C2C(C(=O)OC)=C(C)NC(C)=C2C(=O)OC)c1F. The van der Waals surface area contributed by atoms with Crippen molar-refractivity contribution in [3.8, 4) is 0 Å². The summed E-state index contributed by atoms with van der Waals surface area (Å²) in [6, 6.07) is 2.98. The van der Waals surface area contributed by atoms with Crippen molar-refractivity contribution in [2.24, 2.45) is 0 Å². The molecular weight excluding hydrogens is 638 g/mol. The minimum Gasteiger partial charge on any atom is -0.466 e. The Kier molecular flexibility index (Phi) is 9.44. The van der Waals surface area contributed by atoms with E-state index in [0.717, 1.165) is 0 Å². The van der Waals surface area contributed by atoms with Gasteiger partial charge in [0.25, 0.3) is 0 Å². The Morgan fingerprint density at radius 3 is 1.10 bits per heavy atom. The Morgan fingerprint density at radius 2 is 0.875 bits per heavy atom. The Balaban J connectivity index is 2.46. The maximum Gasteiger partial charge on any atom is 0.336 e. The van der Waals surface area contributed by atoms with Crippen LogP contribution in [0.15, 0.2) is 57.2 Å². The highest BCUT2D eigenvalue weighted by Gasteiger charge is 2.43. The summed E-state index contributed by atoms with van der Waals surface area (Å²) in [7, 11) is 4.72. The van der Waals surface area contributed by atoms with Gasteiger partial charge < -0.3 is 29.6 Å². The molecule has 0 amide bonds. The van der Waals surface area contributed by atoms with Crippen LogP contribution in [0.3, 0.4) is 0 Å². The molecule has 3 rings (SSSR count). The fourth-order valence-electron chi connectivity index (χ4n) is 5.18. The van der Waals surface area contributed by atoms with Gasteiger partial charge in [0.15, 0.2) is 0 Å². The van der Waals surface area contributed by atoms with Gasteiger partial charge in [-0.3, -0.25) is 0 Å². The lowest BCUT2D eigenvalue weighted by Crippen LogP contribution is -2.34. The number of dihydropyridines is 2. The van der Waals surface area contributed by atoms with Crippen molar-refractivity contribution in [3.05, 3.63) is 77.7 Å². The first kappa shape index (κ1) is 30.9. The first-order chi connectivity index (χ1) is 18.8. The van der Waals surface area contributed by atoms with Crippen LogP contribution < -0.4 is 10.6 Å². The number of esters is 4. The van der Waals surface area contributed by atoms with Crippen LogP contribution >= 0.6 is 22.6 Å². The lowest BCUT2D eigenvalue weighted by Gasteiger charge is -2.33. The standard InChI is InChI=1S/C28H30FIN2O8/c1-11-18(25(33)37-5)22(19(12(2)31-11)26(34)38-6)16-9-15(30)10-17(24(16)29)23-20(27(35)39-7)13(3)32-14(4)21(23)28(36)40-8/h9-10,22-23,31-32H,1-8H3. The van der Waals surface area contributed by atoms with Crippen LogP contribution in [0.5, 0.6) is 0 Å². The number of allylic oxidation sites excluding steroid dienone is 4. The van der Waals surface area contributed by atoms with Crippen molar-refractivity contribution >= 4 is 46.5 Å². The van der Waals surface area contributed by atoms with Gasteiger partial charge >= 0.3 is 23.9 Å². The average Bonchev–Trinajstić information content (AvgIpc) is 2.91. The van der Waals surface area contributed by atoms with Gasteiger partial charge in [-0.05, 0) is 62.4 Å². The highest BCUT2D eigenvalue weighted by molar-refractivity contribution is 14.1. The van der Waals surface area contributed by atoms with E-state index in [1.165, 1.54) is 40.6 Å². The van der Waals surface area contributed by atoms with E-state index in [4.69, 9.17) is 18.9 Å². The molecule has 0 radical (unpaired) electrons. The number of carbonyl (C=O) groups is 4. The fourth-order valence-corrected chi connectivity index (χ4v) is 5.86. The first-order valence-electron chi connectivity index (χ1n) is 12.0. The molecule has 12 heteroatoms. The minimum atomic E-state index is -1.23. The molecular formula is C28H30FIN2O8. The first-order valence-corrected chi connectivity index (χ1v) is 13.1. The predicted molar refractivity (Wildman–Crippen MR) is 150 cm³/mol. The summed E-state index contributed by atoms with van der Waals surface area (Å²) in [5, 5.41) is 5.96. The number of methoxy groups -OCH3 is 4. The van der Waals surface area contributed by atoms with Crippen LogP contribution in [0.4, 0.5) is 4.39 Å². The lowest BCUT2D eigenvalue weighted by molar-refractivity contribution is -0.138. The van der Waals surface area contributed by atoms with Crippen LogP contribution in [0.2, 0.25) is 0 Å². The quantitative estimate of drug-likeness (QED) is 0.264. The van der Waals surface area contributed by atoms with Crippen molar-refractivity contribution < 1.29 is 42.5 Å². The number of hydrogen-bond acceptors (Lipinski definition) is 10. The molecule has 2 N–H and O–H groups in total. The molecule has 0 aliphatic carbocycles. The molecule has 2 aliphatic heterocycles. The van der Waals surface area contributed by atoms with E-state index in [1.54, 1.807) is 27.7 Å². The lowest BCUT2D eigenvalue weighted by atomic mass is 9.76. The third-order valence-corrected chi connectivity index (χ3v) is 7.48. The second kappa shape index (κ2) is 12.2. The van der Waals surface area contributed by atoms with Gasteiger partial charge in [-0.2, -0.15) is 0 Å². The van der Waals surface area contributed by atoms with E-state index >= 15 is 4.39 Å². The second-order valence-corrected chi connectivity index (χ2v) is 10.4. The Labute approximate surface area is 244 Å². The number of hydrogen-bond donors (Lipinski definition) is 2. The Hall–Kier alpha value is -3.68. The molecule has 0 bridgehead atoms. The molecule has 214 valence electrons. The van der Waals surface area contributed by atoms with Gasteiger partial charge in [0, 0.05) is 37.5 Å². The monoisotopic (exact) mass is 668 g/mol. The molecule has 40 heavy (non-hydrogen) atoms. The largest absolute Gasteiger partial charge is 0.466 e. The highest BCUT2D eigenvalue weighted by Crippen LogP contribution is 2.45. The number of ether oxygens (including phenoxy) is 4. The smallest absolute Gasteiger partial charge is 0.336 e. The Morgan fingerprint density at radius 1 is 0.625 bits per heavy atom. The van der Waals surface area contributed by atoms with E-state index in [0.29, 0.717) is 26.4 Å². The van der Waals surface area contributed by atoms with Crippen LogP contribution in [0.1, 0.15) is 50.7 Å². The maximum atomic E-state index is 16.9. The number of rotatable bonds is 6. The molecule has 2 heterocycles. The summed E-state index contributed by atoms with van der Waals surface area (Å²) < 4.78 is 37.5. The fraction of sp³-hybridized carbons (Fsp3) is 0.357. The van der Waals surface area contributed by atoms with E-state index in [1.807, 2.05) is 22.6 Å².